The Bertz CT molecular complexity index is 557. The summed E-state index contributed by atoms with van der Waals surface area (Å²) in [4.78, 5) is 15.4. The van der Waals surface area contributed by atoms with E-state index in [0.717, 1.165) is 17.8 Å². The maximum absolute atomic E-state index is 11.0. The third kappa shape index (κ3) is 2.79. The van der Waals surface area contributed by atoms with E-state index in [1.54, 1.807) is 17.1 Å². The summed E-state index contributed by atoms with van der Waals surface area (Å²) < 4.78 is 1.58. The minimum absolute atomic E-state index is 0.243. The number of nitrogens with one attached hydrogen (secondary N) is 1. The van der Waals surface area contributed by atoms with E-state index in [0.29, 0.717) is 5.56 Å². The van der Waals surface area contributed by atoms with Crippen molar-refractivity contribution in [1.29, 1.82) is 0 Å². The monoisotopic (exact) mass is 259 g/mol. The summed E-state index contributed by atoms with van der Waals surface area (Å²) in [6, 6.07) is 4.11. The van der Waals surface area contributed by atoms with Crippen molar-refractivity contribution in [3.8, 4) is 5.69 Å². The van der Waals surface area contributed by atoms with Gasteiger partial charge in [-0.2, -0.15) is 5.10 Å². The van der Waals surface area contributed by atoms with Crippen LogP contribution in [0.3, 0.4) is 0 Å². The molecule has 0 aliphatic heterocycles. The van der Waals surface area contributed by atoms with Gasteiger partial charge >= 0.3 is 0 Å². The van der Waals surface area contributed by atoms with Gasteiger partial charge < -0.3 is 11.1 Å². The normalized spacial score (nSPS) is 12.3. The molecule has 2 heterocycles. The van der Waals surface area contributed by atoms with E-state index in [2.05, 4.69) is 22.3 Å². The molecule has 19 heavy (non-hydrogen) atoms. The van der Waals surface area contributed by atoms with Crippen LogP contribution in [0.2, 0.25) is 0 Å². The molecule has 1 unspecified atom stereocenters. The lowest BCUT2D eigenvalue weighted by Gasteiger charge is -2.13. The van der Waals surface area contributed by atoms with Gasteiger partial charge in [0.05, 0.1) is 29.3 Å². The third-order valence-electron chi connectivity index (χ3n) is 3.02. The van der Waals surface area contributed by atoms with Crippen LogP contribution in [-0.4, -0.2) is 27.7 Å². The maximum atomic E-state index is 11.0. The standard InChI is InChI=1S/C13H17N5O/c1-3-11(15-2)12-5-4-10(7-16-12)18-8-9(6-17-18)13(14)19/h4-8,11,15H,3H2,1-2H3,(H2,14,19). The van der Waals surface area contributed by atoms with Crippen molar-refractivity contribution in [3.05, 3.63) is 42.0 Å². The average Bonchev–Trinajstić information content (AvgIpc) is 2.91. The van der Waals surface area contributed by atoms with Crippen LogP contribution in [0.15, 0.2) is 30.7 Å². The second-order valence-corrected chi connectivity index (χ2v) is 4.23. The zero-order chi connectivity index (χ0) is 13.8. The Balaban J connectivity index is 2.24. The van der Waals surface area contributed by atoms with Crippen LogP contribution in [0.25, 0.3) is 5.69 Å². The minimum atomic E-state index is -0.489. The fourth-order valence-electron chi connectivity index (χ4n) is 1.89. The van der Waals surface area contributed by atoms with E-state index >= 15 is 0 Å². The molecule has 3 N–H and O–H groups in total. The number of carbonyl (C=O) groups excluding carboxylic acids is 1. The van der Waals surface area contributed by atoms with Crippen LogP contribution in [0, 0.1) is 0 Å². The first-order valence-electron chi connectivity index (χ1n) is 6.13. The number of pyridine rings is 1. The van der Waals surface area contributed by atoms with Gasteiger partial charge in [0.2, 0.25) is 0 Å². The molecular formula is C13H17N5O. The van der Waals surface area contributed by atoms with Crippen molar-refractivity contribution in [2.75, 3.05) is 7.05 Å². The topological polar surface area (TPSA) is 85.8 Å². The highest BCUT2D eigenvalue weighted by Gasteiger charge is 2.09. The number of nitrogens with two attached hydrogens (primary N) is 1. The van der Waals surface area contributed by atoms with Gasteiger partial charge in [0.15, 0.2) is 0 Å². The van der Waals surface area contributed by atoms with Gasteiger partial charge in [0.1, 0.15) is 0 Å². The van der Waals surface area contributed by atoms with Gasteiger partial charge in [0, 0.05) is 12.2 Å². The molecule has 0 fully saturated rings. The summed E-state index contributed by atoms with van der Waals surface area (Å²) in [7, 11) is 1.91. The summed E-state index contributed by atoms with van der Waals surface area (Å²) >= 11 is 0. The van der Waals surface area contributed by atoms with E-state index in [-0.39, 0.29) is 6.04 Å². The molecule has 2 aromatic heterocycles. The quantitative estimate of drug-likeness (QED) is 0.840. The number of carbonyl (C=O) groups is 1. The summed E-state index contributed by atoms with van der Waals surface area (Å²) in [6.07, 6.45) is 5.73. The van der Waals surface area contributed by atoms with Crippen LogP contribution in [0.5, 0.6) is 0 Å². The van der Waals surface area contributed by atoms with Gasteiger partial charge in [-0.1, -0.05) is 6.92 Å². The molecule has 6 nitrogen and oxygen atoms in total. The molecule has 2 aromatic rings. The molecule has 1 amide bonds. The molecule has 0 aromatic carbocycles. The van der Waals surface area contributed by atoms with E-state index in [4.69, 9.17) is 5.73 Å². The molecule has 6 heteroatoms. The molecule has 0 spiro atoms. The summed E-state index contributed by atoms with van der Waals surface area (Å²) in [5.74, 6) is -0.489. The highest BCUT2D eigenvalue weighted by atomic mass is 16.1. The molecule has 0 saturated heterocycles. The third-order valence-corrected chi connectivity index (χ3v) is 3.02. The first-order chi connectivity index (χ1) is 9.15. The van der Waals surface area contributed by atoms with Gasteiger partial charge in [-0.15, -0.1) is 0 Å². The van der Waals surface area contributed by atoms with Crippen molar-refractivity contribution in [1.82, 2.24) is 20.1 Å². The molecule has 0 bridgehead atoms. The van der Waals surface area contributed by atoms with Gasteiger partial charge in [0.25, 0.3) is 5.91 Å². The Morgan fingerprint density at radius 1 is 1.47 bits per heavy atom. The van der Waals surface area contributed by atoms with Gasteiger partial charge in [-0.05, 0) is 25.6 Å². The Hall–Kier alpha value is -2.21. The Morgan fingerprint density at radius 2 is 2.26 bits per heavy atom. The predicted octanol–water partition coefficient (Wildman–Crippen LogP) is 1.04. The Kier molecular flexibility index (Phi) is 3.91. The zero-order valence-electron chi connectivity index (χ0n) is 11.0. The fraction of sp³-hybridized carbons (Fsp3) is 0.308. The molecule has 0 aliphatic rings. The number of rotatable bonds is 5. The van der Waals surface area contributed by atoms with Crippen LogP contribution in [0.4, 0.5) is 0 Å². The molecular weight excluding hydrogens is 242 g/mol. The van der Waals surface area contributed by atoms with Crippen LogP contribution < -0.4 is 11.1 Å². The van der Waals surface area contributed by atoms with Crippen LogP contribution >= 0.6 is 0 Å². The number of amides is 1. The van der Waals surface area contributed by atoms with Gasteiger partial charge in [-0.25, -0.2) is 4.68 Å². The van der Waals surface area contributed by atoms with E-state index in [1.807, 2.05) is 19.2 Å². The smallest absolute Gasteiger partial charge is 0.251 e. The lowest BCUT2D eigenvalue weighted by molar-refractivity contribution is 0.100. The highest BCUT2D eigenvalue weighted by Crippen LogP contribution is 2.15. The van der Waals surface area contributed by atoms with Crippen molar-refractivity contribution in [3.63, 3.8) is 0 Å². The Morgan fingerprint density at radius 3 is 2.74 bits per heavy atom. The largest absolute Gasteiger partial charge is 0.366 e. The van der Waals surface area contributed by atoms with Crippen LogP contribution in [-0.2, 0) is 0 Å². The SMILES string of the molecule is CCC(NC)c1ccc(-n2cc(C(N)=O)cn2)cn1. The van der Waals surface area contributed by atoms with E-state index in [9.17, 15) is 4.79 Å². The Labute approximate surface area is 111 Å². The first kappa shape index (κ1) is 13.2. The fourth-order valence-corrected chi connectivity index (χ4v) is 1.89. The molecule has 100 valence electrons. The first-order valence-corrected chi connectivity index (χ1v) is 6.13. The number of aromatic nitrogens is 3. The average molecular weight is 259 g/mol. The zero-order valence-corrected chi connectivity index (χ0v) is 11.0. The molecule has 2 rings (SSSR count). The molecule has 0 radical (unpaired) electrons. The molecule has 0 aliphatic carbocycles. The van der Waals surface area contributed by atoms with Crippen molar-refractivity contribution < 1.29 is 4.79 Å². The highest BCUT2D eigenvalue weighted by molar-refractivity contribution is 5.92. The number of primary amides is 1. The second kappa shape index (κ2) is 5.62. The van der Waals surface area contributed by atoms with Crippen molar-refractivity contribution >= 4 is 5.91 Å². The van der Waals surface area contributed by atoms with E-state index < -0.39 is 5.91 Å². The summed E-state index contributed by atoms with van der Waals surface area (Å²) in [5, 5.41) is 7.28. The lowest BCUT2D eigenvalue weighted by atomic mass is 10.1. The van der Waals surface area contributed by atoms with Crippen LogP contribution in [0.1, 0.15) is 35.4 Å². The number of hydrogen-bond donors (Lipinski definition) is 2. The summed E-state index contributed by atoms with van der Waals surface area (Å²) in [6.45, 7) is 2.10. The maximum Gasteiger partial charge on any atom is 0.251 e. The van der Waals surface area contributed by atoms with Crippen molar-refractivity contribution in [2.24, 2.45) is 5.73 Å². The number of hydrogen-bond acceptors (Lipinski definition) is 4. The van der Waals surface area contributed by atoms with Crippen molar-refractivity contribution in [2.45, 2.75) is 19.4 Å². The second-order valence-electron chi connectivity index (χ2n) is 4.23. The minimum Gasteiger partial charge on any atom is -0.366 e. The predicted molar refractivity (Wildman–Crippen MR) is 72.0 cm³/mol. The number of nitrogens with zero attached hydrogens (tertiary/aromatic N) is 3. The lowest BCUT2D eigenvalue weighted by Crippen LogP contribution is -2.16. The molecule has 1 atom stereocenters. The summed E-state index contributed by atoms with van der Waals surface area (Å²) in [5.41, 5.74) is 7.35. The molecule has 0 saturated carbocycles. The van der Waals surface area contributed by atoms with Gasteiger partial charge in [-0.3, -0.25) is 9.78 Å². The van der Waals surface area contributed by atoms with E-state index in [1.165, 1.54) is 6.20 Å².